The molecule has 1 aliphatic carbocycles. The number of likely N-dealkylation sites (N-methyl/N-ethyl adjacent to an activating group) is 1. The summed E-state index contributed by atoms with van der Waals surface area (Å²) in [4.78, 5) is 11.9. The lowest BCUT2D eigenvalue weighted by molar-refractivity contribution is -0.128. The van der Waals surface area contributed by atoms with Gasteiger partial charge in [-0.2, -0.15) is 0 Å². The lowest BCUT2D eigenvalue weighted by atomic mass is 9.90. The maximum Gasteiger partial charge on any atom is 0.244 e. The van der Waals surface area contributed by atoms with Crippen molar-refractivity contribution in [2.75, 3.05) is 13.7 Å². The van der Waals surface area contributed by atoms with Gasteiger partial charge in [-0.3, -0.25) is 4.79 Å². The van der Waals surface area contributed by atoms with Crippen LogP contribution in [0.15, 0.2) is 30.3 Å². The van der Waals surface area contributed by atoms with Gasteiger partial charge in [0, 0.05) is 0 Å². The van der Waals surface area contributed by atoms with Crippen molar-refractivity contribution in [1.29, 1.82) is 0 Å². The van der Waals surface area contributed by atoms with Crippen molar-refractivity contribution in [2.45, 2.75) is 37.3 Å². The van der Waals surface area contributed by atoms with E-state index in [1.807, 2.05) is 30.3 Å². The van der Waals surface area contributed by atoms with E-state index in [4.69, 9.17) is 10.5 Å². The Bertz CT molecular complexity index is 415. The molecule has 1 aromatic carbocycles. The largest absolute Gasteiger partial charge is 0.375 e. The molecule has 104 valence electrons. The Hall–Kier alpha value is -1.39. The average Bonchev–Trinajstić information content (AvgIpc) is 2.94. The van der Waals surface area contributed by atoms with Gasteiger partial charge in [-0.25, -0.2) is 0 Å². The number of hydrogen-bond donors (Lipinski definition) is 2. The van der Waals surface area contributed by atoms with Crippen LogP contribution in [0.2, 0.25) is 0 Å². The van der Waals surface area contributed by atoms with Crippen molar-refractivity contribution in [3.05, 3.63) is 35.9 Å². The fraction of sp³-hybridized carbons (Fsp3) is 0.533. The van der Waals surface area contributed by atoms with E-state index in [9.17, 15) is 4.79 Å². The summed E-state index contributed by atoms with van der Waals surface area (Å²) in [7, 11) is 1.75. The summed E-state index contributed by atoms with van der Waals surface area (Å²) in [5.74, 6) is -0.404. The Morgan fingerprint density at radius 3 is 2.53 bits per heavy atom. The first-order valence-electron chi connectivity index (χ1n) is 6.85. The molecule has 0 spiro atoms. The monoisotopic (exact) mass is 262 g/mol. The number of nitrogens with one attached hydrogen (secondary N) is 1. The van der Waals surface area contributed by atoms with Gasteiger partial charge in [-0.1, -0.05) is 43.2 Å². The van der Waals surface area contributed by atoms with Crippen molar-refractivity contribution in [3.8, 4) is 0 Å². The minimum absolute atomic E-state index is 0.260. The standard InChI is InChI=1S/C15H22N2O2/c1-17-15(14(16)18,12-7-3-2-4-8-12)11-19-13-9-5-6-10-13/h2-4,7-8,13,17H,5-6,9-11H2,1H3,(H2,16,18). The molecule has 3 N–H and O–H groups in total. The van der Waals surface area contributed by atoms with Crippen LogP contribution in [0.1, 0.15) is 31.2 Å². The molecule has 19 heavy (non-hydrogen) atoms. The van der Waals surface area contributed by atoms with Gasteiger partial charge in [0.2, 0.25) is 5.91 Å². The van der Waals surface area contributed by atoms with Gasteiger partial charge in [0.25, 0.3) is 0 Å². The van der Waals surface area contributed by atoms with Gasteiger partial charge < -0.3 is 15.8 Å². The highest BCUT2D eigenvalue weighted by atomic mass is 16.5. The van der Waals surface area contributed by atoms with E-state index in [0.29, 0.717) is 0 Å². The lowest BCUT2D eigenvalue weighted by Gasteiger charge is -2.31. The molecule has 0 radical (unpaired) electrons. The van der Waals surface area contributed by atoms with Crippen molar-refractivity contribution >= 4 is 5.91 Å². The summed E-state index contributed by atoms with van der Waals surface area (Å²) in [5.41, 5.74) is 5.53. The second-order valence-corrected chi connectivity index (χ2v) is 5.10. The van der Waals surface area contributed by atoms with Crippen molar-refractivity contribution < 1.29 is 9.53 Å². The van der Waals surface area contributed by atoms with Crippen LogP contribution in [0.5, 0.6) is 0 Å². The van der Waals surface area contributed by atoms with E-state index in [2.05, 4.69) is 5.32 Å². The molecule has 0 aliphatic heterocycles. The third-order valence-corrected chi connectivity index (χ3v) is 3.95. The molecule has 1 amide bonds. The fourth-order valence-electron chi connectivity index (χ4n) is 2.66. The molecule has 1 atom stereocenters. The first-order chi connectivity index (χ1) is 9.19. The molecule has 4 heteroatoms. The number of primary amides is 1. The van der Waals surface area contributed by atoms with Crippen LogP contribution in [0.3, 0.4) is 0 Å². The Kier molecular flexibility index (Phi) is 4.56. The second-order valence-electron chi connectivity index (χ2n) is 5.10. The molecule has 0 heterocycles. The molecule has 0 bridgehead atoms. The van der Waals surface area contributed by atoms with E-state index < -0.39 is 11.4 Å². The highest BCUT2D eigenvalue weighted by molar-refractivity contribution is 5.86. The maximum absolute atomic E-state index is 11.9. The summed E-state index contributed by atoms with van der Waals surface area (Å²) >= 11 is 0. The smallest absolute Gasteiger partial charge is 0.244 e. The van der Waals surface area contributed by atoms with Gasteiger partial charge in [0.05, 0.1) is 12.7 Å². The van der Waals surface area contributed by atoms with E-state index in [1.165, 1.54) is 12.8 Å². The molecule has 1 saturated carbocycles. The van der Waals surface area contributed by atoms with Gasteiger partial charge in [0.1, 0.15) is 5.54 Å². The zero-order chi connectivity index (χ0) is 13.7. The molecular weight excluding hydrogens is 240 g/mol. The van der Waals surface area contributed by atoms with Gasteiger partial charge in [0.15, 0.2) is 0 Å². The number of carbonyl (C=O) groups excluding carboxylic acids is 1. The number of carbonyl (C=O) groups is 1. The van der Waals surface area contributed by atoms with E-state index in [0.717, 1.165) is 18.4 Å². The number of benzene rings is 1. The summed E-state index contributed by atoms with van der Waals surface area (Å²) in [6.45, 7) is 0.285. The predicted molar refractivity (Wildman–Crippen MR) is 74.6 cm³/mol. The third kappa shape index (κ3) is 2.96. The predicted octanol–water partition coefficient (Wildman–Crippen LogP) is 1.55. The Morgan fingerprint density at radius 2 is 2.00 bits per heavy atom. The zero-order valence-corrected chi connectivity index (χ0v) is 11.4. The molecular formula is C15H22N2O2. The average molecular weight is 262 g/mol. The van der Waals surface area contributed by atoms with Crippen molar-refractivity contribution in [1.82, 2.24) is 5.32 Å². The number of nitrogens with two attached hydrogens (primary N) is 1. The van der Waals surface area contributed by atoms with Crippen LogP contribution in [0.4, 0.5) is 0 Å². The van der Waals surface area contributed by atoms with Crippen LogP contribution >= 0.6 is 0 Å². The summed E-state index contributed by atoms with van der Waals surface area (Å²) in [6.07, 6.45) is 4.83. The highest BCUT2D eigenvalue weighted by Gasteiger charge is 2.38. The fourth-order valence-corrected chi connectivity index (χ4v) is 2.66. The normalized spacial score (nSPS) is 19.2. The Labute approximate surface area is 114 Å². The van der Waals surface area contributed by atoms with Crippen molar-refractivity contribution in [2.24, 2.45) is 5.73 Å². The molecule has 1 aromatic rings. The quantitative estimate of drug-likeness (QED) is 0.817. The first-order valence-corrected chi connectivity index (χ1v) is 6.85. The molecule has 0 aromatic heterocycles. The number of amides is 1. The summed E-state index contributed by atoms with van der Waals surface area (Å²) in [5, 5.41) is 3.06. The molecule has 1 unspecified atom stereocenters. The minimum Gasteiger partial charge on any atom is -0.375 e. The van der Waals surface area contributed by atoms with Gasteiger partial charge in [-0.05, 0) is 25.5 Å². The van der Waals surface area contributed by atoms with Crippen LogP contribution in [0, 0.1) is 0 Å². The SMILES string of the molecule is CNC(COC1CCCC1)(C(N)=O)c1ccccc1. The maximum atomic E-state index is 11.9. The first kappa shape index (κ1) is 14.0. The van der Waals surface area contributed by atoms with Gasteiger partial charge >= 0.3 is 0 Å². The molecule has 1 aliphatic rings. The third-order valence-electron chi connectivity index (χ3n) is 3.95. The second kappa shape index (κ2) is 6.17. The van der Waals surface area contributed by atoms with E-state index >= 15 is 0 Å². The van der Waals surface area contributed by atoms with Crippen LogP contribution in [-0.2, 0) is 15.1 Å². The summed E-state index contributed by atoms with van der Waals surface area (Å²) in [6, 6.07) is 9.53. The Balaban J connectivity index is 2.16. The molecule has 4 nitrogen and oxygen atoms in total. The zero-order valence-electron chi connectivity index (χ0n) is 11.4. The Morgan fingerprint density at radius 1 is 1.37 bits per heavy atom. The lowest BCUT2D eigenvalue weighted by Crippen LogP contribution is -2.54. The van der Waals surface area contributed by atoms with Crippen molar-refractivity contribution in [3.63, 3.8) is 0 Å². The van der Waals surface area contributed by atoms with Gasteiger partial charge in [-0.15, -0.1) is 0 Å². The minimum atomic E-state index is -0.941. The molecule has 2 rings (SSSR count). The molecule has 0 saturated heterocycles. The van der Waals surface area contributed by atoms with Crippen LogP contribution in [-0.4, -0.2) is 25.7 Å². The topological polar surface area (TPSA) is 64.3 Å². The van der Waals surface area contributed by atoms with E-state index in [1.54, 1.807) is 7.05 Å². The van der Waals surface area contributed by atoms with Crippen LogP contribution in [0.25, 0.3) is 0 Å². The number of rotatable bonds is 6. The highest BCUT2D eigenvalue weighted by Crippen LogP contribution is 2.26. The molecule has 1 fully saturated rings. The van der Waals surface area contributed by atoms with Crippen LogP contribution < -0.4 is 11.1 Å². The summed E-state index contributed by atoms with van der Waals surface area (Å²) < 4.78 is 5.91. The number of ether oxygens (including phenoxy) is 1. The number of hydrogen-bond acceptors (Lipinski definition) is 3. The van der Waals surface area contributed by atoms with E-state index in [-0.39, 0.29) is 12.7 Å².